The molecule has 0 saturated carbocycles. The maximum absolute atomic E-state index is 14.2. The molecule has 0 unspecified atom stereocenters. The van der Waals surface area contributed by atoms with Crippen LogP contribution < -0.4 is 0 Å². The number of nitrogens with zero attached hydrogens (tertiary/aromatic N) is 3. The number of sulfonamides is 1. The summed E-state index contributed by atoms with van der Waals surface area (Å²) in [6.45, 7) is 3.87. The number of morpholine rings is 1. The highest BCUT2D eigenvalue weighted by Crippen LogP contribution is 2.26. The van der Waals surface area contributed by atoms with Gasteiger partial charge >= 0.3 is 0 Å². The van der Waals surface area contributed by atoms with Gasteiger partial charge in [-0.3, -0.25) is 9.69 Å². The van der Waals surface area contributed by atoms with Crippen LogP contribution in [0.4, 0.5) is 0 Å². The Hall–Kier alpha value is -3.50. The standard InChI is InChI=1S/C31H35N3O5S/c35-31(33(24-28-12-7-21-39-28)16-15-26-8-2-1-3-9-26)25-34(18-17-32-19-22-38-23-20-32)40(36,37)30-14-6-11-27-10-4-5-13-29(27)30/h1-14,21H,15-20,22-25H2. The van der Waals surface area contributed by atoms with E-state index in [1.165, 1.54) is 4.31 Å². The number of fused-ring (bicyclic) bond motifs is 1. The fraction of sp³-hybridized carbons (Fsp3) is 0.323. The van der Waals surface area contributed by atoms with Crippen molar-refractivity contribution in [1.29, 1.82) is 0 Å². The van der Waals surface area contributed by atoms with E-state index in [0.29, 0.717) is 43.9 Å². The minimum absolute atomic E-state index is 0.199. The summed E-state index contributed by atoms with van der Waals surface area (Å²) in [6, 6.07) is 26.3. The number of furan rings is 1. The molecule has 1 aliphatic heterocycles. The number of amides is 1. The fourth-order valence-corrected chi connectivity index (χ4v) is 6.56. The summed E-state index contributed by atoms with van der Waals surface area (Å²) in [4.78, 5) is 17.9. The summed E-state index contributed by atoms with van der Waals surface area (Å²) in [5, 5.41) is 1.48. The normalized spacial score (nSPS) is 14.5. The van der Waals surface area contributed by atoms with Gasteiger partial charge in [-0.25, -0.2) is 8.42 Å². The van der Waals surface area contributed by atoms with Crippen LogP contribution in [0.5, 0.6) is 0 Å². The second-order valence-electron chi connectivity index (χ2n) is 9.90. The predicted octanol–water partition coefficient (Wildman–Crippen LogP) is 4.03. The molecule has 1 amide bonds. The van der Waals surface area contributed by atoms with E-state index in [1.54, 1.807) is 29.4 Å². The third-order valence-electron chi connectivity index (χ3n) is 7.24. The molecule has 0 bridgehead atoms. The van der Waals surface area contributed by atoms with Crippen LogP contribution in [-0.4, -0.2) is 80.9 Å². The van der Waals surface area contributed by atoms with Crippen LogP contribution in [-0.2, 0) is 32.5 Å². The lowest BCUT2D eigenvalue weighted by Crippen LogP contribution is -2.47. The van der Waals surface area contributed by atoms with E-state index in [0.717, 1.165) is 24.0 Å². The number of carbonyl (C=O) groups excluding carboxylic acids is 1. The minimum atomic E-state index is -3.98. The van der Waals surface area contributed by atoms with Crippen molar-refractivity contribution >= 4 is 26.7 Å². The summed E-state index contributed by atoms with van der Waals surface area (Å²) in [6.07, 6.45) is 2.23. The third kappa shape index (κ3) is 6.98. The van der Waals surface area contributed by atoms with E-state index >= 15 is 0 Å². The Bertz CT molecular complexity index is 1480. The molecule has 0 aliphatic carbocycles. The molecule has 1 saturated heterocycles. The maximum atomic E-state index is 14.2. The van der Waals surface area contributed by atoms with Gasteiger partial charge in [0.1, 0.15) is 5.76 Å². The Morgan fingerprint density at radius 1 is 0.850 bits per heavy atom. The molecule has 40 heavy (non-hydrogen) atoms. The van der Waals surface area contributed by atoms with Gasteiger partial charge in [0.15, 0.2) is 0 Å². The van der Waals surface area contributed by atoms with Gasteiger partial charge in [0.05, 0.1) is 37.5 Å². The molecule has 2 heterocycles. The van der Waals surface area contributed by atoms with Gasteiger partial charge in [-0.15, -0.1) is 0 Å². The zero-order valence-corrected chi connectivity index (χ0v) is 23.3. The van der Waals surface area contributed by atoms with E-state index in [2.05, 4.69) is 4.90 Å². The largest absolute Gasteiger partial charge is 0.467 e. The number of ether oxygens (including phenoxy) is 1. The lowest BCUT2D eigenvalue weighted by atomic mass is 10.1. The minimum Gasteiger partial charge on any atom is -0.467 e. The van der Waals surface area contributed by atoms with E-state index in [-0.39, 0.29) is 30.4 Å². The zero-order chi connectivity index (χ0) is 27.8. The van der Waals surface area contributed by atoms with E-state index < -0.39 is 10.0 Å². The molecule has 0 atom stereocenters. The average molecular weight is 562 g/mol. The first-order valence-electron chi connectivity index (χ1n) is 13.6. The van der Waals surface area contributed by atoms with Crippen LogP contribution >= 0.6 is 0 Å². The van der Waals surface area contributed by atoms with E-state index in [9.17, 15) is 13.2 Å². The lowest BCUT2D eigenvalue weighted by Gasteiger charge is -2.31. The van der Waals surface area contributed by atoms with Gasteiger partial charge in [-0.2, -0.15) is 4.31 Å². The Balaban J connectivity index is 1.41. The van der Waals surface area contributed by atoms with Crippen LogP contribution in [0.1, 0.15) is 11.3 Å². The highest BCUT2D eigenvalue weighted by atomic mass is 32.2. The molecule has 4 aromatic rings. The van der Waals surface area contributed by atoms with Crippen molar-refractivity contribution in [2.75, 3.05) is 52.5 Å². The molecule has 1 aromatic heterocycles. The van der Waals surface area contributed by atoms with Gasteiger partial charge in [-0.05, 0) is 35.6 Å². The third-order valence-corrected chi connectivity index (χ3v) is 9.14. The molecule has 0 spiro atoms. The highest BCUT2D eigenvalue weighted by molar-refractivity contribution is 7.89. The molecule has 5 rings (SSSR count). The lowest BCUT2D eigenvalue weighted by molar-refractivity contribution is -0.132. The second kappa shape index (κ2) is 13.2. The smallest absolute Gasteiger partial charge is 0.244 e. The first-order valence-corrected chi connectivity index (χ1v) is 15.1. The summed E-state index contributed by atoms with van der Waals surface area (Å²) < 4.78 is 40.7. The molecule has 210 valence electrons. The Labute approximate surface area is 235 Å². The summed E-state index contributed by atoms with van der Waals surface area (Å²) in [5.41, 5.74) is 1.10. The number of rotatable bonds is 12. The number of benzene rings is 3. The molecular formula is C31H35N3O5S. The predicted molar refractivity (Wildman–Crippen MR) is 154 cm³/mol. The summed E-state index contributed by atoms with van der Waals surface area (Å²) in [5.74, 6) is 0.385. The SMILES string of the molecule is O=C(CN(CCN1CCOCC1)S(=O)(=O)c1cccc2ccccc12)N(CCc1ccccc1)Cc1ccco1. The fourth-order valence-electron chi connectivity index (χ4n) is 4.96. The van der Waals surface area contributed by atoms with Crippen molar-refractivity contribution in [3.8, 4) is 0 Å². The Morgan fingerprint density at radius 2 is 1.60 bits per heavy atom. The van der Waals surface area contributed by atoms with Gasteiger partial charge in [0.2, 0.25) is 15.9 Å². The van der Waals surface area contributed by atoms with Crippen molar-refractivity contribution in [3.63, 3.8) is 0 Å². The molecule has 1 fully saturated rings. The molecule has 1 aliphatic rings. The molecule has 0 radical (unpaired) electrons. The number of hydrogen-bond acceptors (Lipinski definition) is 6. The van der Waals surface area contributed by atoms with E-state index in [1.807, 2.05) is 66.7 Å². The van der Waals surface area contributed by atoms with Gasteiger partial charge in [0.25, 0.3) is 0 Å². The van der Waals surface area contributed by atoms with Crippen LogP contribution in [0.15, 0.2) is 101 Å². The molecule has 3 aromatic carbocycles. The van der Waals surface area contributed by atoms with Gasteiger partial charge in [-0.1, -0.05) is 66.7 Å². The second-order valence-corrected chi connectivity index (χ2v) is 11.8. The van der Waals surface area contributed by atoms with E-state index in [4.69, 9.17) is 9.15 Å². The molecular weight excluding hydrogens is 526 g/mol. The average Bonchev–Trinajstić information content (AvgIpc) is 3.51. The Morgan fingerprint density at radius 3 is 2.38 bits per heavy atom. The topological polar surface area (TPSA) is 83.3 Å². The van der Waals surface area contributed by atoms with Crippen molar-refractivity contribution < 1.29 is 22.4 Å². The van der Waals surface area contributed by atoms with Gasteiger partial charge < -0.3 is 14.1 Å². The monoisotopic (exact) mass is 561 g/mol. The summed E-state index contributed by atoms with van der Waals surface area (Å²) >= 11 is 0. The number of carbonyl (C=O) groups is 1. The maximum Gasteiger partial charge on any atom is 0.244 e. The van der Waals surface area contributed by atoms with Crippen molar-refractivity contribution in [3.05, 3.63) is 103 Å². The highest BCUT2D eigenvalue weighted by Gasteiger charge is 2.30. The van der Waals surface area contributed by atoms with Gasteiger partial charge in [0, 0.05) is 38.1 Å². The Kier molecular flexibility index (Phi) is 9.28. The zero-order valence-electron chi connectivity index (χ0n) is 22.5. The quantitative estimate of drug-likeness (QED) is 0.260. The van der Waals surface area contributed by atoms with Crippen molar-refractivity contribution in [2.45, 2.75) is 17.9 Å². The first kappa shape index (κ1) is 28.0. The van der Waals surface area contributed by atoms with Crippen LogP contribution in [0.3, 0.4) is 0 Å². The summed E-state index contributed by atoms with van der Waals surface area (Å²) in [7, 11) is -3.98. The van der Waals surface area contributed by atoms with Crippen molar-refractivity contribution in [2.24, 2.45) is 0 Å². The molecule has 8 nitrogen and oxygen atoms in total. The van der Waals surface area contributed by atoms with Crippen LogP contribution in [0.2, 0.25) is 0 Å². The number of hydrogen-bond donors (Lipinski definition) is 0. The molecule has 9 heteroatoms. The van der Waals surface area contributed by atoms with Crippen molar-refractivity contribution in [1.82, 2.24) is 14.1 Å². The molecule has 0 N–H and O–H groups in total. The van der Waals surface area contributed by atoms with Crippen LogP contribution in [0, 0.1) is 0 Å². The first-order chi connectivity index (χ1) is 19.5. The van der Waals surface area contributed by atoms with Crippen LogP contribution in [0.25, 0.3) is 10.8 Å².